The molecule has 0 aliphatic heterocycles. The van der Waals surface area contributed by atoms with Crippen LogP contribution in [0.5, 0.6) is 0 Å². The second-order valence-electron chi connectivity index (χ2n) is 3.28. The molecule has 10 heteroatoms. The zero-order valence-electron chi connectivity index (χ0n) is 8.75. The van der Waals surface area contributed by atoms with Crippen LogP contribution in [-0.2, 0) is 37.7 Å². The fraction of sp³-hybridized carbons (Fsp3) is 0.857. The van der Waals surface area contributed by atoms with Crippen molar-refractivity contribution in [2.24, 2.45) is 0 Å². The van der Waals surface area contributed by atoms with E-state index in [1.807, 2.05) is 0 Å². The number of sulfonamides is 1. The Morgan fingerprint density at radius 2 is 1.76 bits per heavy atom. The van der Waals surface area contributed by atoms with Gasteiger partial charge in [-0.05, 0) is 23.8 Å². The summed E-state index contributed by atoms with van der Waals surface area (Å²) in [7, 11) is -5.84. The van der Waals surface area contributed by atoms with Gasteiger partial charge in [0.15, 0.2) is 0 Å². The van der Waals surface area contributed by atoms with Crippen molar-refractivity contribution >= 4 is 10.0 Å². The van der Waals surface area contributed by atoms with Gasteiger partial charge in [-0.15, -0.1) is 4.48 Å². The Morgan fingerprint density at radius 3 is 2.12 bits per heavy atom. The average Bonchev–Trinajstić information content (AvgIpc) is 2.16. The SMILES string of the molecule is O=S(=O)(N(F)[C@H]1[CH]CCCC1)C(F)(F)F.[Cl-].[Hg+]. The third kappa shape index (κ3) is 4.79. The second-order valence-corrected chi connectivity index (χ2v) is 5.04. The van der Waals surface area contributed by atoms with Crippen LogP contribution in [0.1, 0.15) is 25.7 Å². The summed E-state index contributed by atoms with van der Waals surface area (Å²) < 4.78 is 69.2. The predicted molar refractivity (Wildman–Crippen MR) is 44.5 cm³/mol. The first-order valence-corrected chi connectivity index (χ1v) is 5.80. The molecule has 0 aromatic rings. The number of hydrogen-bond donors (Lipinski definition) is 0. The van der Waals surface area contributed by atoms with Gasteiger partial charge >= 0.3 is 43.2 Å². The minimum absolute atomic E-state index is 0. The summed E-state index contributed by atoms with van der Waals surface area (Å²) in [5.41, 5.74) is -5.58. The van der Waals surface area contributed by atoms with Gasteiger partial charge in [0.25, 0.3) is 0 Å². The predicted octanol–water partition coefficient (Wildman–Crippen LogP) is -0.829. The average molecular weight is 484 g/mol. The normalized spacial score (nSPS) is 18.4. The van der Waals surface area contributed by atoms with Crippen molar-refractivity contribution in [3.8, 4) is 0 Å². The fourth-order valence-electron chi connectivity index (χ4n) is 1.39. The fourth-order valence-corrected chi connectivity index (χ4v) is 2.13. The number of halogens is 5. The smallest absolute Gasteiger partial charge is 1.00 e. The number of hydrogen-bond acceptors (Lipinski definition) is 2. The van der Waals surface area contributed by atoms with E-state index >= 15 is 0 Å². The van der Waals surface area contributed by atoms with E-state index in [1.165, 1.54) is 6.42 Å². The summed E-state index contributed by atoms with van der Waals surface area (Å²) in [6, 6.07) is -1.29. The Kier molecular flexibility index (Phi) is 8.84. The maximum Gasteiger partial charge on any atom is 1.00 e. The number of nitrogens with zero attached hydrogens (tertiary/aromatic N) is 1. The van der Waals surface area contributed by atoms with Crippen LogP contribution in [0.3, 0.4) is 0 Å². The maximum absolute atomic E-state index is 13.1. The summed E-state index contributed by atoms with van der Waals surface area (Å²) in [4.78, 5) is 0. The molecule has 0 spiro atoms. The van der Waals surface area contributed by atoms with Gasteiger partial charge in [-0.3, -0.25) is 0 Å². The van der Waals surface area contributed by atoms with E-state index in [0.29, 0.717) is 12.8 Å². The topological polar surface area (TPSA) is 37.4 Å². The monoisotopic (exact) mass is 485 g/mol. The Labute approximate surface area is 124 Å². The molecule has 1 aliphatic rings. The molecule has 1 fully saturated rings. The third-order valence-electron chi connectivity index (χ3n) is 2.18. The van der Waals surface area contributed by atoms with E-state index in [2.05, 4.69) is 0 Å². The molecule has 0 aromatic heterocycles. The van der Waals surface area contributed by atoms with Crippen LogP contribution in [0.25, 0.3) is 0 Å². The first-order chi connectivity index (χ1) is 6.77. The second kappa shape index (κ2) is 7.45. The van der Waals surface area contributed by atoms with Crippen LogP contribution in [0, 0.1) is 6.42 Å². The molecule has 0 bridgehead atoms. The van der Waals surface area contributed by atoms with E-state index in [4.69, 9.17) is 0 Å². The Morgan fingerprint density at radius 1 is 1.24 bits per heavy atom. The molecule has 0 unspecified atom stereocenters. The standard InChI is InChI=1S/C7H10F4NO2S.ClH.Hg/c8-7(9,10)15(13,14)12(11)6-4-2-1-3-5-6;;/h4,6H,1-3,5H2;1H;/q;;+1/p-1/t6-;;/m0../s1. The molecule has 0 aromatic carbocycles. The van der Waals surface area contributed by atoms with Crippen molar-refractivity contribution < 1.29 is 66.1 Å². The van der Waals surface area contributed by atoms with E-state index < -0.39 is 26.1 Å². The zero-order valence-corrected chi connectivity index (χ0v) is 15.8. The molecule has 1 saturated carbocycles. The molecule has 1 aliphatic carbocycles. The van der Waals surface area contributed by atoms with Crippen molar-refractivity contribution in [2.45, 2.75) is 37.2 Å². The number of rotatable bonds is 2. The Hall–Kier alpha value is 0.855. The molecule has 0 saturated heterocycles. The van der Waals surface area contributed by atoms with Gasteiger partial charge in [0, 0.05) is 0 Å². The van der Waals surface area contributed by atoms with Crippen molar-refractivity contribution in [1.29, 1.82) is 0 Å². The van der Waals surface area contributed by atoms with E-state index in [-0.39, 0.29) is 46.5 Å². The van der Waals surface area contributed by atoms with Crippen LogP contribution >= 0.6 is 0 Å². The zero-order chi connectivity index (χ0) is 11.7. The van der Waals surface area contributed by atoms with Crippen LogP contribution in [0.4, 0.5) is 17.7 Å². The molecule has 98 valence electrons. The van der Waals surface area contributed by atoms with Crippen LogP contribution in [0.15, 0.2) is 0 Å². The minimum atomic E-state index is -5.84. The molecule has 0 amide bonds. The molecule has 1 rings (SSSR count). The minimum Gasteiger partial charge on any atom is -1.00 e. The summed E-state index contributed by atoms with van der Waals surface area (Å²) >= 11 is 0. The van der Waals surface area contributed by atoms with E-state index in [0.717, 1.165) is 6.42 Å². The van der Waals surface area contributed by atoms with E-state index in [9.17, 15) is 26.1 Å². The van der Waals surface area contributed by atoms with Gasteiger partial charge in [-0.25, -0.2) is 8.42 Å². The van der Waals surface area contributed by atoms with Crippen molar-refractivity contribution in [2.75, 3.05) is 0 Å². The summed E-state index contributed by atoms with van der Waals surface area (Å²) in [6.07, 6.45) is 3.04. The molecule has 2 radical (unpaired) electrons. The molecule has 17 heavy (non-hydrogen) atoms. The van der Waals surface area contributed by atoms with Gasteiger partial charge in [0.05, 0.1) is 6.04 Å². The van der Waals surface area contributed by atoms with Crippen molar-refractivity contribution in [3.63, 3.8) is 0 Å². The van der Waals surface area contributed by atoms with Crippen molar-refractivity contribution in [1.82, 2.24) is 4.53 Å². The Balaban J connectivity index is 0. The largest absolute Gasteiger partial charge is 1.00 e. The molecular formula is C7H10ClF4HgNO2S. The van der Waals surface area contributed by atoms with Gasteiger partial charge in [-0.2, -0.15) is 13.2 Å². The van der Waals surface area contributed by atoms with Gasteiger partial charge in [-0.1, -0.05) is 12.8 Å². The summed E-state index contributed by atoms with van der Waals surface area (Å²) in [5.74, 6) is 0. The molecular weight excluding hydrogens is 474 g/mol. The van der Waals surface area contributed by atoms with Crippen molar-refractivity contribution in [3.05, 3.63) is 6.42 Å². The molecule has 0 N–H and O–H groups in total. The summed E-state index contributed by atoms with van der Waals surface area (Å²) in [6.45, 7) is 0. The first-order valence-electron chi connectivity index (χ1n) is 4.36. The quantitative estimate of drug-likeness (QED) is 0.292. The Bertz CT molecular complexity index is 318. The first kappa shape index (κ1) is 20.2. The molecule has 3 nitrogen and oxygen atoms in total. The molecule has 1 atom stereocenters. The summed E-state index contributed by atoms with van der Waals surface area (Å²) in [5, 5.41) is 0. The number of alkyl halides is 3. The van der Waals surface area contributed by atoms with Gasteiger partial charge in [0.1, 0.15) is 0 Å². The van der Waals surface area contributed by atoms with Crippen LogP contribution in [0.2, 0.25) is 0 Å². The van der Waals surface area contributed by atoms with Crippen LogP contribution in [-0.4, -0.2) is 24.5 Å². The van der Waals surface area contributed by atoms with Gasteiger partial charge in [0.2, 0.25) is 0 Å². The van der Waals surface area contributed by atoms with Gasteiger partial charge < -0.3 is 12.4 Å². The third-order valence-corrected chi connectivity index (χ3v) is 3.49. The van der Waals surface area contributed by atoms with E-state index in [1.54, 1.807) is 0 Å². The maximum atomic E-state index is 13.1. The molecule has 0 heterocycles. The van der Waals surface area contributed by atoms with Crippen LogP contribution < -0.4 is 12.4 Å².